The molecule has 0 aliphatic carbocycles. The number of carboxylic acids is 1. The van der Waals surface area contributed by atoms with Gasteiger partial charge < -0.3 is 10.4 Å². The van der Waals surface area contributed by atoms with Crippen LogP contribution in [0.1, 0.15) is 27.3 Å². The minimum atomic E-state index is -1.01. The van der Waals surface area contributed by atoms with Crippen molar-refractivity contribution in [2.24, 2.45) is 0 Å². The maximum Gasteiger partial charge on any atom is 0.354 e. The summed E-state index contributed by atoms with van der Waals surface area (Å²) in [7, 11) is 0. The van der Waals surface area contributed by atoms with Crippen LogP contribution in [0.5, 0.6) is 0 Å². The molecule has 0 fully saturated rings. The molecule has 0 spiro atoms. The van der Waals surface area contributed by atoms with E-state index >= 15 is 0 Å². The standard InChI is InChI=1S/C14H15N3O2/c1-10-5-6-15-7-11(10)8-16-9-12-3-2-4-13(17-12)14(18)19/h2-7,16H,8-9H2,1H3,(H,18,19). The second-order valence-corrected chi connectivity index (χ2v) is 4.23. The van der Waals surface area contributed by atoms with Crippen LogP contribution in [0.2, 0.25) is 0 Å². The van der Waals surface area contributed by atoms with Crippen molar-refractivity contribution < 1.29 is 9.90 Å². The van der Waals surface area contributed by atoms with Crippen LogP contribution in [0.25, 0.3) is 0 Å². The quantitative estimate of drug-likeness (QED) is 0.853. The Bertz CT molecular complexity index is 584. The topological polar surface area (TPSA) is 75.1 Å². The van der Waals surface area contributed by atoms with Gasteiger partial charge in [-0.05, 0) is 36.2 Å². The number of aromatic carboxylic acids is 1. The number of aryl methyl sites for hydroxylation is 1. The van der Waals surface area contributed by atoms with Crippen molar-refractivity contribution in [3.05, 3.63) is 59.2 Å². The van der Waals surface area contributed by atoms with Crippen molar-refractivity contribution in [1.29, 1.82) is 0 Å². The highest BCUT2D eigenvalue weighted by Crippen LogP contribution is 2.05. The summed E-state index contributed by atoms with van der Waals surface area (Å²) in [5.41, 5.74) is 3.07. The maximum absolute atomic E-state index is 10.8. The van der Waals surface area contributed by atoms with Crippen LogP contribution in [0.3, 0.4) is 0 Å². The third kappa shape index (κ3) is 3.59. The summed E-state index contributed by atoms with van der Waals surface area (Å²) >= 11 is 0. The molecule has 2 rings (SSSR count). The lowest BCUT2D eigenvalue weighted by molar-refractivity contribution is 0.0690. The summed E-state index contributed by atoms with van der Waals surface area (Å²) in [5.74, 6) is -1.01. The van der Waals surface area contributed by atoms with E-state index in [1.807, 2.05) is 19.2 Å². The number of nitrogens with one attached hydrogen (secondary N) is 1. The van der Waals surface area contributed by atoms with Gasteiger partial charge in [-0.2, -0.15) is 0 Å². The SMILES string of the molecule is Cc1ccncc1CNCc1cccc(C(=O)O)n1. The van der Waals surface area contributed by atoms with Crippen LogP contribution in [0.15, 0.2) is 36.7 Å². The van der Waals surface area contributed by atoms with Gasteiger partial charge >= 0.3 is 5.97 Å². The van der Waals surface area contributed by atoms with E-state index in [0.717, 1.165) is 5.56 Å². The van der Waals surface area contributed by atoms with Gasteiger partial charge in [0.15, 0.2) is 0 Å². The van der Waals surface area contributed by atoms with Crippen LogP contribution >= 0.6 is 0 Å². The molecule has 0 bridgehead atoms. The Kier molecular flexibility index (Phi) is 4.20. The fourth-order valence-electron chi connectivity index (χ4n) is 1.70. The molecular formula is C14H15N3O2. The molecule has 0 aliphatic rings. The number of aromatic nitrogens is 2. The van der Waals surface area contributed by atoms with Crippen LogP contribution in [0, 0.1) is 6.92 Å². The Morgan fingerprint density at radius 2 is 2.16 bits per heavy atom. The first kappa shape index (κ1) is 13.2. The van der Waals surface area contributed by atoms with Gasteiger partial charge in [0.1, 0.15) is 5.69 Å². The van der Waals surface area contributed by atoms with Gasteiger partial charge in [-0.3, -0.25) is 4.98 Å². The largest absolute Gasteiger partial charge is 0.477 e. The van der Waals surface area contributed by atoms with Crippen molar-refractivity contribution in [3.8, 4) is 0 Å². The Balaban J connectivity index is 1.94. The number of hydrogen-bond acceptors (Lipinski definition) is 4. The zero-order chi connectivity index (χ0) is 13.7. The third-order valence-corrected chi connectivity index (χ3v) is 2.79. The van der Waals surface area contributed by atoms with Gasteiger partial charge in [-0.25, -0.2) is 9.78 Å². The van der Waals surface area contributed by atoms with E-state index in [1.165, 1.54) is 11.6 Å². The van der Waals surface area contributed by atoms with Crippen LogP contribution in [-0.4, -0.2) is 21.0 Å². The first-order chi connectivity index (χ1) is 9.16. The lowest BCUT2D eigenvalue weighted by Gasteiger charge is -2.07. The highest BCUT2D eigenvalue weighted by molar-refractivity contribution is 5.85. The molecule has 98 valence electrons. The van der Waals surface area contributed by atoms with E-state index < -0.39 is 5.97 Å². The number of carbonyl (C=O) groups is 1. The van der Waals surface area contributed by atoms with Gasteiger partial charge in [-0.1, -0.05) is 6.07 Å². The minimum Gasteiger partial charge on any atom is -0.477 e. The second-order valence-electron chi connectivity index (χ2n) is 4.23. The van der Waals surface area contributed by atoms with Gasteiger partial charge in [-0.15, -0.1) is 0 Å². The summed E-state index contributed by atoms with van der Waals surface area (Å²) in [6.45, 7) is 3.23. The van der Waals surface area contributed by atoms with E-state index in [4.69, 9.17) is 5.11 Å². The molecule has 2 aromatic rings. The van der Waals surface area contributed by atoms with E-state index in [0.29, 0.717) is 18.8 Å². The normalized spacial score (nSPS) is 10.4. The number of nitrogens with zero attached hydrogens (tertiary/aromatic N) is 2. The zero-order valence-electron chi connectivity index (χ0n) is 10.6. The van der Waals surface area contributed by atoms with E-state index in [-0.39, 0.29) is 5.69 Å². The molecule has 0 radical (unpaired) electrons. The van der Waals surface area contributed by atoms with E-state index in [9.17, 15) is 4.79 Å². The highest BCUT2D eigenvalue weighted by atomic mass is 16.4. The van der Waals surface area contributed by atoms with Crippen LogP contribution < -0.4 is 5.32 Å². The van der Waals surface area contributed by atoms with E-state index in [1.54, 1.807) is 18.3 Å². The van der Waals surface area contributed by atoms with Gasteiger partial charge in [0, 0.05) is 25.5 Å². The number of pyridine rings is 2. The van der Waals surface area contributed by atoms with Gasteiger partial charge in [0.05, 0.1) is 5.69 Å². The molecular weight excluding hydrogens is 242 g/mol. The Hall–Kier alpha value is -2.27. The Morgan fingerprint density at radius 1 is 1.32 bits per heavy atom. The van der Waals surface area contributed by atoms with Crippen LogP contribution in [0.4, 0.5) is 0 Å². The Morgan fingerprint density at radius 3 is 2.89 bits per heavy atom. The molecule has 0 saturated heterocycles. The molecule has 2 N–H and O–H groups in total. The Labute approximate surface area is 111 Å². The highest BCUT2D eigenvalue weighted by Gasteiger charge is 2.05. The number of hydrogen-bond donors (Lipinski definition) is 2. The molecule has 2 heterocycles. The number of carboxylic acid groups (broad SMARTS) is 1. The summed E-state index contributed by atoms with van der Waals surface area (Å²) in [5, 5.41) is 12.1. The molecule has 0 aliphatic heterocycles. The smallest absolute Gasteiger partial charge is 0.354 e. The van der Waals surface area contributed by atoms with Crippen molar-refractivity contribution in [2.75, 3.05) is 0 Å². The fraction of sp³-hybridized carbons (Fsp3) is 0.214. The average Bonchev–Trinajstić information content (AvgIpc) is 2.41. The van der Waals surface area contributed by atoms with Gasteiger partial charge in [0.25, 0.3) is 0 Å². The summed E-state index contributed by atoms with van der Waals surface area (Å²) in [6.07, 6.45) is 3.58. The summed E-state index contributed by atoms with van der Waals surface area (Å²) < 4.78 is 0. The molecule has 0 aromatic carbocycles. The first-order valence-electron chi connectivity index (χ1n) is 5.96. The van der Waals surface area contributed by atoms with Crippen LogP contribution in [-0.2, 0) is 13.1 Å². The first-order valence-corrected chi connectivity index (χ1v) is 5.96. The van der Waals surface area contributed by atoms with Crippen molar-refractivity contribution >= 4 is 5.97 Å². The molecule has 2 aromatic heterocycles. The maximum atomic E-state index is 10.8. The second kappa shape index (κ2) is 6.06. The molecule has 5 nitrogen and oxygen atoms in total. The minimum absolute atomic E-state index is 0.0665. The summed E-state index contributed by atoms with van der Waals surface area (Å²) in [4.78, 5) is 18.9. The van der Waals surface area contributed by atoms with E-state index in [2.05, 4.69) is 15.3 Å². The third-order valence-electron chi connectivity index (χ3n) is 2.79. The zero-order valence-corrected chi connectivity index (χ0v) is 10.6. The fourth-order valence-corrected chi connectivity index (χ4v) is 1.70. The monoisotopic (exact) mass is 257 g/mol. The van der Waals surface area contributed by atoms with Crippen molar-refractivity contribution in [2.45, 2.75) is 20.0 Å². The predicted molar refractivity (Wildman–Crippen MR) is 70.7 cm³/mol. The van der Waals surface area contributed by atoms with Crippen molar-refractivity contribution in [3.63, 3.8) is 0 Å². The molecule has 5 heteroatoms. The lowest BCUT2D eigenvalue weighted by atomic mass is 10.1. The molecule has 0 unspecified atom stereocenters. The lowest BCUT2D eigenvalue weighted by Crippen LogP contribution is -2.15. The van der Waals surface area contributed by atoms with Gasteiger partial charge in [0.2, 0.25) is 0 Å². The molecule has 0 saturated carbocycles. The average molecular weight is 257 g/mol. The van der Waals surface area contributed by atoms with Crippen molar-refractivity contribution in [1.82, 2.24) is 15.3 Å². The predicted octanol–water partition coefficient (Wildman–Crippen LogP) is 1.77. The molecule has 0 atom stereocenters. The molecule has 0 amide bonds. The molecule has 19 heavy (non-hydrogen) atoms. The number of rotatable bonds is 5. The summed E-state index contributed by atoms with van der Waals surface area (Å²) in [6, 6.07) is 6.94.